The van der Waals surface area contributed by atoms with Crippen LogP contribution in [0, 0.1) is 5.41 Å². The maximum absolute atomic E-state index is 2.32. The second kappa shape index (κ2) is 3.20. The lowest BCUT2D eigenvalue weighted by Gasteiger charge is -2.22. The zero-order valence-electron chi connectivity index (χ0n) is 6.14. The molecule has 1 saturated heterocycles. The van der Waals surface area contributed by atoms with Gasteiger partial charge in [-0.2, -0.15) is 0 Å². The fraction of sp³-hybridized carbons (Fsp3) is 1.00. The maximum Gasteiger partial charge on any atom is 0.0102 e. The van der Waals surface area contributed by atoms with Gasteiger partial charge in [0.25, 0.3) is 0 Å². The molecule has 0 saturated carbocycles. The molecule has 0 aliphatic carbocycles. The van der Waals surface area contributed by atoms with Crippen molar-refractivity contribution in [1.82, 2.24) is 0 Å². The molecule has 2 heteroatoms. The van der Waals surface area contributed by atoms with E-state index < -0.39 is 0 Å². The molecular weight excluding hydrogens is 148 g/mol. The molecule has 1 aliphatic heterocycles. The van der Waals surface area contributed by atoms with Crippen LogP contribution in [0.1, 0.15) is 26.7 Å². The summed E-state index contributed by atoms with van der Waals surface area (Å²) in [6.45, 7) is 4.63. The average molecular weight is 162 g/mol. The molecule has 54 valence electrons. The van der Waals surface area contributed by atoms with Crippen molar-refractivity contribution in [3.63, 3.8) is 0 Å². The van der Waals surface area contributed by atoms with Gasteiger partial charge in [0.1, 0.15) is 0 Å². The fourth-order valence-electron chi connectivity index (χ4n) is 1.03. The highest BCUT2D eigenvalue weighted by Crippen LogP contribution is 2.46. The highest BCUT2D eigenvalue weighted by Gasteiger charge is 2.30. The van der Waals surface area contributed by atoms with Crippen LogP contribution >= 0.6 is 21.6 Å². The summed E-state index contributed by atoms with van der Waals surface area (Å²) in [5.74, 6) is 2.76. The van der Waals surface area contributed by atoms with Gasteiger partial charge in [0.2, 0.25) is 0 Å². The topological polar surface area (TPSA) is 0 Å². The predicted octanol–water partition coefficient (Wildman–Crippen LogP) is 3.19. The molecule has 0 bridgehead atoms. The molecule has 1 heterocycles. The van der Waals surface area contributed by atoms with Crippen LogP contribution in [0.15, 0.2) is 0 Å². The molecule has 0 unspecified atom stereocenters. The van der Waals surface area contributed by atoms with E-state index in [9.17, 15) is 0 Å². The Hall–Kier alpha value is 0.700. The summed E-state index contributed by atoms with van der Waals surface area (Å²) < 4.78 is 0. The standard InChI is InChI=1S/C7H14S2/c1-3-7(4-2)5-8-9-6-7/h3-6H2,1-2H3. The molecule has 0 N–H and O–H groups in total. The predicted molar refractivity (Wildman–Crippen MR) is 47.9 cm³/mol. The van der Waals surface area contributed by atoms with Crippen LogP contribution in [0.5, 0.6) is 0 Å². The van der Waals surface area contributed by atoms with Gasteiger partial charge in [0, 0.05) is 11.5 Å². The normalized spacial score (nSPS) is 24.7. The lowest BCUT2D eigenvalue weighted by atomic mass is 9.87. The van der Waals surface area contributed by atoms with Crippen molar-refractivity contribution < 1.29 is 0 Å². The van der Waals surface area contributed by atoms with Gasteiger partial charge in [-0.15, -0.1) is 0 Å². The van der Waals surface area contributed by atoms with Gasteiger partial charge in [-0.25, -0.2) is 0 Å². The molecule has 0 aromatic rings. The van der Waals surface area contributed by atoms with Gasteiger partial charge in [-0.3, -0.25) is 0 Å². The highest BCUT2D eigenvalue weighted by molar-refractivity contribution is 8.77. The van der Waals surface area contributed by atoms with E-state index in [0.29, 0.717) is 5.41 Å². The van der Waals surface area contributed by atoms with Gasteiger partial charge in [-0.05, 0) is 18.3 Å². The number of hydrogen-bond acceptors (Lipinski definition) is 2. The Balaban J connectivity index is 2.45. The molecule has 0 aromatic heterocycles. The van der Waals surface area contributed by atoms with Crippen LogP contribution in [-0.2, 0) is 0 Å². The molecule has 0 nitrogen and oxygen atoms in total. The largest absolute Gasteiger partial charge is 0.0935 e. The lowest BCUT2D eigenvalue weighted by molar-refractivity contribution is 0.361. The van der Waals surface area contributed by atoms with Crippen molar-refractivity contribution in [2.24, 2.45) is 5.41 Å². The van der Waals surface area contributed by atoms with Crippen LogP contribution < -0.4 is 0 Å². The fourth-order valence-corrected chi connectivity index (χ4v) is 4.85. The average Bonchev–Trinajstić information content (AvgIpc) is 2.36. The smallest absolute Gasteiger partial charge is 0.0102 e. The second-order valence-corrected chi connectivity index (χ2v) is 5.19. The van der Waals surface area contributed by atoms with E-state index in [2.05, 4.69) is 13.8 Å². The van der Waals surface area contributed by atoms with E-state index in [1.807, 2.05) is 21.6 Å². The molecule has 1 aliphatic rings. The summed E-state index contributed by atoms with van der Waals surface area (Å²) in [5, 5.41) is 0. The SMILES string of the molecule is CCC1(CC)CSSC1. The van der Waals surface area contributed by atoms with Crippen LogP contribution in [-0.4, -0.2) is 11.5 Å². The molecule has 1 rings (SSSR count). The first kappa shape index (κ1) is 7.80. The van der Waals surface area contributed by atoms with Gasteiger partial charge < -0.3 is 0 Å². The van der Waals surface area contributed by atoms with E-state index in [1.165, 1.54) is 24.3 Å². The van der Waals surface area contributed by atoms with Gasteiger partial charge in [0.15, 0.2) is 0 Å². The summed E-state index contributed by atoms with van der Waals surface area (Å²) in [7, 11) is 4.09. The summed E-state index contributed by atoms with van der Waals surface area (Å²) in [5.41, 5.74) is 0.704. The number of hydrogen-bond donors (Lipinski definition) is 0. The minimum atomic E-state index is 0.704. The van der Waals surface area contributed by atoms with E-state index in [-0.39, 0.29) is 0 Å². The molecular formula is C7H14S2. The van der Waals surface area contributed by atoms with Crippen molar-refractivity contribution in [3.8, 4) is 0 Å². The summed E-state index contributed by atoms with van der Waals surface area (Å²) in [6.07, 6.45) is 2.73. The van der Waals surface area contributed by atoms with Crippen molar-refractivity contribution in [2.75, 3.05) is 11.5 Å². The third-order valence-corrected chi connectivity index (χ3v) is 5.15. The molecule has 0 radical (unpaired) electrons. The Labute approximate surface area is 65.6 Å². The van der Waals surface area contributed by atoms with Crippen LogP contribution in [0.2, 0.25) is 0 Å². The van der Waals surface area contributed by atoms with E-state index >= 15 is 0 Å². The lowest BCUT2D eigenvalue weighted by Crippen LogP contribution is -2.20. The maximum atomic E-state index is 2.32. The highest BCUT2D eigenvalue weighted by atomic mass is 33.1. The molecule has 0 atom stereocenters. The van der Waals surface area contributed by atoms with Crippen molar-refractivity contribution >= 4 is 21.6 Å². The first-order valence-electron chi connectivity index (χ1n) is 3.57. The van der Waals surface area contributed by atoms with Crippen LogP contribution in [0.3, 0.4) is 0 Å². The minimum absolute atomic E-state index is 0.704. The third kappa shape index (κ3) is 1.58. The van der Waals surface area contributed by atoms with Crippen molar-refractivity contribution in [3.05, 3.63) is 0 Å². The Morgan fingerprint density at radius 1 is 1.11 bits per heavy atom. The van der Waals surface area contributed by atoms with Crippen molar-refractivity contribution in [1.29, 1.82) is 0 Å². The van der Waals surface area contributed by atoms with E-state index in [4.69, 9.17) is 0 Å². The zero-order chi connectivity index (χ0) is 6.74. The molecule has 0 aromatic carbocycles. The van der Waals surface area contributed by atoms with E-state index in [0.717, 1.165) is 0 Å². The Kier molecular flexibility index (Phi) is 2.77. The molecule has 0 amide bonds. The second-order valence-electron chi connectivity index (χ2n) is 2.73. The Morgan fingerprint density at radius 3 is 1.78 bits per heavy atom. The summed E-state index contributed by atoms with van der Waals surface area (Å²) in [4.78, 5) is 0. The molecule has 1 fully saturated rings. The quantitative estimate of drug-likeness (QED) is 0.572. The van der Waals surface area contributed by atoms with Crippen LogP contribution in [0.4, 0.5) is 0 Å². The summed E-state index contributed by atoms with van der Waals surface area (Å²) in [6, 6.07) is 0. The van der Waals surface area contributed by atoms with Gasteiger partial charge >= 0.3 is 0 Å². The van der Waals surface area contributed by atoms with E-state index in [1.54, 1.807) is 0 Å². The minimum Gasteiger partial charge on any atom is -0.0935 e. The Morgan fingerprint density at radius 2 is 1.56 bits per heavy atom. The third-order valence-electron chi connectivity index (χ3n) is 2.31. The molecule has 9 heavy (non-hydrogen) atoms. The first-order valence-corrected chi connectivity index (χ1v) is 6.06. The zero-order valence-corrected chi connectivity index (χ0v) is 7.78. The molecule has 0 spiro atoms. The number of rotatable bonds is 2. The van der Waals surface area contributed by atoms with Gasteiger partial charge in [-0.1, -0.05) is 35.4 Å². The summed E-state index contributed by atoms with van der Waals surface area (Å²) >= 11 is 0. The van der Waals surface area contributed by atoms with Crippen LogP contribution in [0.25, 0.3) is 0 Å². The monoisotopic (exact) mass is 162 g/mol. The first-order chi connectivity index (χ1) is 4.33. The Bertz CT molecular complexity index is 78.9. The van der Waals surface area contributed by atoms with Crippen molar-refractivity contribution in [2.45, 2.75) is 26.7 Å². The van der Waals surface area contributed by atoms with Gasteiger partial charge in [0.05, 0.1) is 0 Å².